The minimum Gasteiger partial charge on any atom is -0.396 e. The van der Waals surface area contributed by atoms with E-state index in [1.807, 2.05) is 0 Å². The van der Waals surface area contributed by atoms with Crippen molar-refractivity contribution in [2.24, 2.45) is 5.73 Å². The zero-order chi connectivity index (χ0) is 13.8. The maximum atomic E-state index is 8.76. The molecule has 0 radical (unpaired) electrons. The van der Waals surface area contributed by atoms with Crippen LogP contribution in [-0.2, 0) is 6.54 Å². The van der Waals surface area contributed by atoms with Crippen LogP contribution in [0.1, 0.15) is 37.7 Å². The number of unbranched alkanes of at least 4 members (excludes halogenated alkanes) is 3. The van der Waals surface area contributed by atoms with E-state index >= 15 is 0 Å². The first-order valence-corrected chi connectivity index (χ1v) is 7.44. The molecule has 1 aromatic carbocycles. The summed E-state index contributed by atoms with van der Waals surface area (Å²) in [6.45, 7) is 4.29. The Kier molecular flexibility index (Phi) is 9.33. The average molecular weight is 264 g/mol. The number of aliphatic hydroxyl groups excluding tert-OH is 1. The fourth-order valence-corrected chi connectivity index (χ4v) is 2.23. The van der Waals surface area contributed by atoms with Crippen LogP contribution in [0.5, 0.6) is 0 Å². The Labute approximate surface area is 117 Å². The molecule has 0 heterocycles. The summed E-state index contributed by atoms with van der Waals surface area (Å²) < 4.78 is 0. The Bertz CT molecular complexity index is 303. The molecule has 0 aliphatic carbocycles. The number of aliphatic hydroxyl groups is 1. The number of benzene rings is 1. The molecule has 0 atom stereocenters. The van der Waals surface area contributed by atoms with Gasteiger partial charge in [-0.3, -0.25) is 4.90 Å². The Morgan fingerprint density at radius 1 is 0.895 bits per heavy atom. The lowest BCUT2D eigenvalue weighted by atomic mass is 10.1. The molecule has 0 spiro atoms. The summed E-state index contributed by atoms with van der Waals surface area (Å²) in [5.41, 5.74) is 6.98. The van der Waals surface area contributed by atoms with E-state index in [4.69, 9.17) is 10.8 Å². The molecule has 0 saturated carbocycles. The molecule has 0 unspecified atom stereocenters. The van der Waals surface area contributed by atoms with Crippen LogP contribution >= 0.6 is 0 Å². The summed E-state index contributed by atoms with van der Waals surface area (Å²) in [4.78, 5) is 2.49. The standard InChI is InChI=1S/C16H28N2O/c17-11-8-13-18(12-6-1-2-7-14-19)15-16-9-4-3-5-10-16/h3-5,9-10,19H,1-2,6-8,11-15,17H2. The first kappa shape index (κ1) is 16.2. The van der Waals surface area contributed by atoms with Crippen LogP contribution in [0.2, 0.25) is 0 Å². The predicted octanol–water partition coefficient (Wildman–Crippen LogP) is 2.39. The summed E-state index contributed by atoms with van der Waals surface area (Å²) in [5, 5.41) is 8.76. The van der Waals surface area contributed by atoms with Crippen LogP contribution in [0.4, 0.5) is 0 Å². The number of hydrogen-bond donors (Lipinski definition) is 2. The van der Waals surface area contributed by atoms with Gasteiger partial charge in [0.1, 0.15) is 0 Å². The normalized spacial score (nSPS) is 11.1. The van der Waals surface area contributed by atoms with E-state index in [0.29, 0.717) is 6.61 Å². The van der Waals surface area contributed by atoms with E-state index < -0.39 is 0 Å². The van der Waals surface area contributed by atoms with Crippen LogP contribution < -0.4 is 5.73 Å². The van der Waals surface area contributed by atoms with Gasteiger partial charge in [-0.1, -0.05) is 43.2 Å². The highest BCUT2D eigenvalue weighted by Crippen LogP contribution is 2.08. The summed E-state index contributed by atoms with van der Waals surface area (Å²) in [6.07, 6.45) is 5.53. The van der Waals surface area contributed by atoms with Crippen molar-refractivity contribution in [2.75, 3.05) is 26.2 Å². The van der Waals surface area contributed by atoms with Crippen molar-refractivity contribution in [2.45, 2.75) is 38.6 Å². The van der Waals surface area contributed by atoms with Gasteiger partial charge < -0.3 is 10.8 Å². The van der Waals surface area contributed by atoms with Gasteiger partial charge in [-0.25, -0.2) is 0 Å². The molecule has 0 fully saturated rings. The molecule has 19 heavy (non-hydrogen) atoms. The Hall–Kier alpha value is -0.900. The van der Waals surface area contributed by atoms with E-state index in [1.165, 1.54) is 18.4 Å². The fraction of sp³-hybridized carbons (Fsp3) is 0.625. The van der Waals surface area contributed by atoms with Crippen molar-refractivity contribution in [1.29, 1.82) is 0 Å². The monoisotopic (exact) mass is 264 g/mol. The topological polar surface area (TPSA) is 49.5 Å². The Morgan fingerprint density at radius 2 is 1.58 bits per heavy atom. The van der Waals surface area contributed by atoms with Gasteiger partial charge in [0, 0.05) is 13.2 Å². The van der Waals surface area contributed by atoms with Gasteiger partial charge in [0.25, 0.3) is 0 Å². The molecule has 0 aliphatic rings. The molecule has 0 saturated heterocycles. The van der Waals surface area contributed by atoms with Gasteiger partial charge in [-0.05, 0) is 44.5 Å². The summed E-state index contributed by atoms with van der Waals surface area (Å²) in [5.74, 6) is 0. The third kappa shape index (κ3) is 7.98. The third-order valence-corrected chi connectivity index (χ3v) is 3.31. The molecular formula is C16H28N2O. The molecule has 1 rings (SSSR count). The molecule has 0 amide bonds. The molecule has 3 nitrogen and oxygen atoms in total. The molecule has 0 bridgehead atoms. The van der Waals surface area contributed by atoms with Crippen LogP contribution in [0.25, 0.3) is 0 Å². The van der Waals surface area contributed by atoms with E-state index in [1.54, 1.807) is 0 Å². The lowest BCUT2D eigenvalue weighted by Crippen LogP contribution is -2.27. The smallest absolute Gasteiger partial charge is 0.0431 e. The average Bonchev–Trinajstić information content (AvgIpc) is 2.45. The predicted molar refractivity (Wildman–Crippen MR) is 80.9 cm³/mol. The minimum absolute atomic E-state index is 0.320. The van der Waals surface area contributed by atoms with Crippen molar-refractivity contribution in [3.05, 3.63) is 35.9 Å². The van der Waals surface area contributed by atoms with E-state index in [0.717, 1.165) is 45.4 Å². The molecule has 0 aliphatic heterocycles. The maximum Gasteiger partial charge on any atom is 0.0431 e. The summed E-state index contributed by atoms with van der Waals surface area (Å²) in [6, 6.07) is 10.6. The number of nitrogens with zero attached hydrogens (tertiary/aromatic N) is 1. The zero-order valence-corrected chi connectivity index (χ0v) is 11.9. The second kappa shape index (κ2) is 11.0. The van der Waals surface area contributed by atoms with E-state index in [9.17, 15) is 0 Å². The highest BCUT2D eigenvalue weighted by atomic mass is 16.2. The maximum absolute atomic E-state index is 8.76. The molecule has 0 aromatic heterocycles. The number of nitrogens with two attached hydrogens (primary N) is 1. The second-order valence-electron chi connectivity index (χ2n) is 5.04. The van der Waals surface area contributed by atoms with Crippen LogP contribution in [0, 0.1) is 0 Å². The highest BCUT2D eigenvalue weighted by Gasteiger charge is 2.05. The van der Waals surface area contributed by atoms with E-state index in [-0.39, 0.29) is 0 Å². The van der Waals surface area contributed by atoms with Crippen molar-refractivity contribution in [3.63, 3.8) is 0 Å². The highest BCUT2D eigenvalue weighted by molar-refractivity contribution is 5.14. The zero-order valence-electron chi connectivity index (χ0n) is 11.9. The summed E-state index contributed by atoms with van der Waals surface area (Å²) >= 11 is 0. The van der Waals surface area contributed by atoms with Crippen molar-refractivity contribution < 1.29 is 5.11 Å². The summed E-state index contributed by atoms with van der Waals surface area (Å²) in [7, 11) is 0. The molecule has 108 valence electrons. The fourth-order valence-electron chi connectivity index (χ4n) is 2.23. The van der Waals surface area contributed by atoms with Crippen LogP contribution in [0.3, 0.4) is 0 Å². The quantitative estimate of drug-likeness (QED) is 0.603. The van der Waals surface area contributed by atoms with Gasteiger partial charge >= 0.3 is 0 Å². The molecule has 1 aromatic rings. The van der Waals surface area contributed by atoms with Gasteiger partial charge in [-0.15, -0.1) is 0 Å². The van der Waals surface area contributed by atoms with Crippen LogP contribution in [-0.4, -0.2) is 36.2 Å². The van der Waals surface area contributed by atoms with Crippen LogP contribution in [0.15, 0.2) is 30.3 Å². The second-order valence-corrected chi connectivity index (χ2v) is 5.04. The lowest BCUT2D eigenvalue weighted by molar-refractivity contribution is 0.251. The van der Waals surface area contributed by atoms with Gasteiger partial charge in [0.05, 0.1) is 0 Å². The van der Waals surface area contributed by atoms with Crippen molar-refractivity contribution >= 4 is 0 Å². The van der Waals surface area contributed by atoms with E-state index in [2.05, 4.69) is 35.2 Å². The lowest BCUT2D eigenvalue weighted by Gasteiger charge is -2.22. The van der Waals surface area contributed by atoms with Gasteiger partial charge in [0.2, 0.25) is 0 Å². The number of rotatable bonds is 11. The van der Waals surface area contributed by atoms with Crippen molar-refractivity contribution in [1.82, 2.24) is 4.90 Å². The first-order chi connectivity index (χ1) is 9.36. The Balaban J connectivity index is 2.30. The Morgan fingerprint density at radius 3 is 2.26 bits per heavy atom. The molecule has 3 N–H and O–H groups in total. The SMILES string of the molecule is NCCCN(CCCCCCO)Cc1ccccc1. The van der Waals surface area contributed by atoms with Gasteiger partial charge in [-0.2, -0.15) is 0 Å². The minimum atomic E-state index is 0.320. The third-order valence-electron chi connectivity index (χ3n) is 3.31. The first-order valence-electron chi connectivity index (χ1n) is 7.44. The van der Waals surface area contributed by atoms with Gasteiger partial charge in [0.15, 0.2) is 0 Å². The number of hydrogen-bond acceptors (Lipinski definition) is 3. The largest absolute Gasteiger partial charge is 0.396 e. The molecular weight excluding hydrogens is 236 g/mol. The molecule has 3 heteroatoms. The van der Waals surface area contributed by atoms with Crippen molar-refractivity contribution in [3.8, 4) is 0 Å².